The maximum Gasteiger partial charge on any atom is -0.0334 e. The first-order valence-electron chi connectivity index (χ1n) is 5.45. The van der Waals surface area contributed by atoms with Crippen LogP contribution in [-0.2, 0) is 0 Å². The van der Waals surface area contributed by atoms with Gasteiger partial charge in [0.05, 0.1) is 0 Å². The van der Waals surface area contributed by atoms with Crippen LogP contribution in [0.2, 0.25) is 0 Å². The Morgan fingerprint density at radius 1 is 1.33 bits per heavy atom. The summed E-state index contributed by atoms with van der Waals surface area (Å²) in [6.07, 6.45) is 4.32. The van der Waals surface area contributed by atoms with Crippen LogP contribution in [0.1, 0.15) is 53.9 Å². The van der Waals surface area contributed by atoms with Crippen LogP contribution >= 0.6 is 0 Å². The lowest BCUT2D eigenvalue weighted by Gasteiger charge is -2.18. The van der Waals surface area contributed by atoms with Crippen molar-refractivity contribution in [3.05, 3.63) is 0 Å². The Kier molecular flexibility index (Phi) is 2.85. The first-order chi connectivity index (χ1) is 5.45. The van der Waals surface area contributed by atoms with E-state index in [1.54, 1.807) is 0 Å². The summed E-state index contributed by atoms with van der Waals surface area (Å²) in [6.45, 7) is 11.8. The Bertz CT molecular complexity index is 141. The van der Waals surface area contributed by atoms with Crippen LogP contribution < -0.4 is 0 Å². The molecule has 1 aliphatic carbocycles. The lowest BCUT2D eigenvalue weighted by molar-refractivity contribution is 0.313. The van der Waals surface area contributed by atoms with Crippen LogP contribution in [0.15, 0.2) is 0 Å². The SMILES string of the molecule is CCC(C)CC1CC1C(C)(C)C. The molecule has 1 fully saturated rings. The maximum absolute atomic E-state index is 2.39. The van der Waals surface area contributed by atoms with Gasteiger partial charge in [-0.2, -0.15) is 0 Å². The molecule has 3 unspecified atom stereocenters. The van der Waals surface area contributed by atoms with Crippen LogP contribution in [0.25, 0.3) is 0 Å². The molecule has 0 saturated heterocycles. The third kappa shape index (κ3) is 2.50. The van der Waals surface area contributed by atoms with Gasteiger partial charge in [0.2, 0.25) is 0 Å². The molecule has 0 amide bonds. The monoisotopic (exact) mass is 168 g/mol. The number of rotatable bonds is 3. The second kappa shape index (κ2) is 3.40. The first kappa shape index (κ1) is 10.1. The molecule has 0 N–H and O–H groups in total. The summed E-state index contributed by atoms with van der Waals surface area (Å²) in [5.41, 5.74) is 0.568. The predicted octanol–water partition coefficient (Wildman–Crippen LogP) is 4.10. The Balaban J connectivity index is 2.25. The van der Waals surface area contributed by atoms with Gasteiger partial charge >= 0.3 is 0 Å². The third-order valence-electron chi connectivity index (χ3n) is 3.44. The molecule has 12 heavy (non-hydrogen) atoms. The fraction of sp³-hybridized carbons (Fsp3) is 1.00. The molecular formula is C12H24. The van der Waals surface area contributed by atoms with Crippen molar-refractivity contribution in [3.63, 3.8) is 0 Å². The van der Waals surface area contributed by atoms with E-state index in [9.17, 15) is 0 Å². The lowest BCUT2D eigenvalue weighted by atomic mass is 9.87. The van der Waals surface area contributed by atoms with Gasteiger partial charge in [-0.25, -0.2) is 0 Å². The van der Waals surface area contributed by atoms with E-state index in [1.807, 2.05) is 0 Å². The molecule has 1 saturated carbocycles. The molecule has 0 bridgehead atoms. The highest BCUT2D eigenvalue weighted by Gasteiger charge is 2.44. The van der Waals surface area contributed by atoms with E-state index in [0.29, 0.717) is 5.41 Å². The normalized spacial score (nSPS) is 31.8. The highest BCUT2D eigenvalue weighted by atomic mass is 14.5. The zero-order valence-electron chi connectivity index (χ0n) is 9.35. The number of hydrogen-bond donors (Lipinski definition) is 0. The summed E-state index contributed by atoms with van der Waals surface area (Å²) in [7, 11) is 0. The van der Waals surface area contributed by atoms with Gasteiger partial charge in [-0.15, -0.1) is 0 Å². The highest BCUT2D eigenvalue weighted by molar-refractivity contribution is 4.94. The van der Waals surface area contributed by atoms with E-state index in [1.165, 1.54) is 19.3 Å². The van der Waals surface area contributed by atoms with Gasteiger partial charge in [-0.3, -0.25) is 0 Å². The fourth-order valence-corrected chi connectivity index (χ4v) is 2.25. The van der Waals surface area contributed by atoms with E-state index < -0.39 is 0 Å². The maximum atomic E-state index is 2.39. The van der Waals surface area contributed by atoms with Crippen LogP contribution in [0.5, 0.6) is 0 Å². The largest absolute Gasteiger partial charge is 0.0651 e. The van der Waals surface area contributed by atoms with Gasteiger partial charge in [0, 0.05) is 0 Å². The van der Waals surface area contributed by atoms with Crippen molar-refractivity contribution in [1.82, 2.24) is 0 Å². The third-order valence-corrected chi connectivity index (χ3v) is 3.44. The number of hydrogen-bond acceptors (Lipinski definition) is 0. The Morgan fingerprint density at radius 2 is 1.92 bits per heavy atom. The van der Waals surface area contributed by atoms with E-state index in [0.717, 1.165) is 17.8 Å². The quantitative estimate of drug-likeness (QED) is 0.595. The first-order valence-corrected chi connectivity index (χ1v) is 5.45. The minimum Gasteiger partial charge on any atom is -0.0651 e. The van der Waals surface area contributed by atoms with Crippen LogP contribution in [0, 0.1) is 23.2 Å². The minimum absolute atomic E-state index is 0.568. The zero-order valence-corrected chi connectivity index (χ0v) is 9.35. The molecule has 0 aromatic carbocycles. The minimum atomic E-state index is 0.568. The molecule has 0 heteroatoms. The summed E-state index contributed by atoms with van der Waals surface area (Å²) in [5, 5.41) is 0. The molecule has 1 aliphatic rings. The molecule has 3 atom stereocenters. The van der Waals surface area contributed by atoms with Gasteiger partial charge < -0.3 is 0 Å². The van der Waals surface area contributed by atoms with Crippen molar-refractivity contribution >= 4 is 0 Å². The molecule has 0 aliphatic heterocycles. The van der Waals surface area contributed by atoms with Crippen molar-refractivity contribution in [2.75, 3.05) is 0 Å². The molecule has 72 valence electrons. The standard InChI is InChI=1S/C12H24/c1-6-9(2)7-10-8-11(10)12(3,4)5/h9-11H,6-8H2,1-5H3. The lowest BCUT2D eigenvalue weighted by Crippen LogP contribution is -2.10. The highest BCUT2D eigenvalue weighted by Crippen LogP contribution is 2.53. The summed E-state index contributed by atoms with van der Waals surface area (Å²) >= 11 is 0. The molecule has 0 aromatic heterocycles. The Hall–Kier alpha value is 0. The predicted molar refractivity (Wildman–Crippen MR) is 55.1 cm³/mol. The second-order valence-electron chi connectivity index (χ2n) is 5.72. The van der Waals surface area contributed by atoms with E-state index in [-0.39, 0.29) is 0 Å². The summed E-state index contributed by atoms with van der Waals surface area (Å²) in [6, 6.07) is 0. The van der Waals surface area contributed by atoms with Gasteiger partial charge in [0.15, 0.2) is 0 Å². The molecule has 1 rings (SSSR count). The zero-order chi connectivity index (χ0) is 9.35. The van der Waals surface area contributed by atoms with Crippen molar-refractivity contribution in [3.8, 4) is 0 Å². The molecule has 0 radical (unpaired) electrons. The average molecular weight is 168 g/mol. The smallest absolute Gasteiger partial charge is 0.0334 e. The van der Waals surface area contributed by atoms with Crippen molar-refractivity contribution in [2.24, 2.45) is 23.2 Å². The van der Waals surface area contributed by atoms with Crippen LogP contribution in [0.4, 0.5) is 0 Å². The molecule has 0 nitrogen and oxygen atoms in total. The summed E-state index contributed by atoms with van der Waals surface area (Å²) < 4.78 is 0. The van der Waals surface area contributed by atoms with Gasteiger partial charge in [-0.05, 0) is 36.0 Å². The van der Waals surface area contributed by atoms with Crippen LogP contribution in [0.3, 0.4) is 0 Å². The Morgan fingerprint density at radius 3 is 2.25 bits per heavy atom. The molecular weight excluding hydrogens is 144 g/mol. The van der Waals surface area contributed by atoms with Crippen molar-refractivity contribution < 1.29 is 0 Å². The average Bonchev–Trinajstić information content (AvgIpc) is 2.66. The summed E-state index contributed by atoms with van der Waals surface area (Å²) in [4.78, 5) is 0. The van der Waals surface area contributed by atoms with E-state index in [2.05, 4.69) is 34.6 Å². The van der Waals surface area contributed by atoms with E-state index in [4.69, 9.17) is 0 Å². The van der Waals surface area contributed by atoms with E-state index >= 15 is 0 Å². The van der Waals surface area contributed by atoms with Gasteiger partial charge in [-0.1, -0.05) is 41.0 Å². The van der Waals surface area contributed by atoms with Gasteiger partial charge in [0.25, 0.3) is 0 Å². The molecule has 0 heterocycles. The summed E-state index contributed by atoms with van der Waals surface area (Å²) in [5.74, 6) is 3.02. The Labute approximate surface area is 77.7 Å². The molecule has 0 spiro atoms. The fourth-order valence-electron chi connectivity index (χ4n) is 2.25. The topological polar surface area (TPSA) is 0 Å². The molecule has 0 aromatic rings. The van der Waals surface area contributed by atoms with Crippen LogP contribution in [-0.4, -0.2) is 0 Å². The van der Waals surface area contributed by atoms with Crippen molar-refractivity contribution in [1.29, 1.82) is 0 Å². The second-order valence-corrected chi connectivity index (χ2v) is 5.72. The van der Waals surface area contributed by atoms with Gasteiger partial charge in [0.1, 0.15) is 0 Å². The van der Waals surface area contributed by atoms with Crippen molar-refractivity contribution in [2.45, 2.75) is 53.9 Å².